The van der Waals surface area contributed by atoms with E-state index in [1.807, 2.05) is 0 Å². The number of fused-ring (bicyclic) bond motifs is 1. The van der Waals surface area contributed by atoms with E-state index in [1.54, 1.807) is 13.0 Å². The Bertz CT molecular complexity index is 1340. The Hall–Kier alpha value is -2.92. The van der Waals surface area contributed by atoms with Gasteiger partial charge in [0.15, 0.2) is 9.84 Å². The van der Waals surface area contributed by atoms with Gasteiger partial charge in [-0.2, -0.15) is 13.2 Å². The molecule has 0 bridgehead atoms. The highest BCUT2D eigenvalue weighted by Crippen LogP contribution is 2.35. The van der Waals surface area contributed by atoms with Crippen molar-refractivity contribution in [2.24, 2.45) is 0 Å². The highest BCUT2D eigenvalue weighted by molar-refractivity contribution is 7.90. The molecule has 0 amide bonds. The number of benzene rings is 2. The van der Waals surface area contributed by atoms with Crippen molar-refractivity contribution in [3.05, 3.63) is 64.4 Å². The van der Waals surface area contributed by atoms with E-state index in [-0.39, 0.29) is 10.6 Å². The Morgan fingerprint density at radius 1 is 1.07 bits per heavy atom. The normalized spacial score (nSPS) is 12.4. The van der Waals surface area contributed by atoms with Crippen LogP contribution in [-0.2, 0) is 21.8 Å². The zero-order chi connectivity index (χ0) is 21.5. The Balaban J connectivity index is 1.77. The molecule has 30 heavy (non-hydrogen) atoms. The molecule has 154 valence electrons. The lowest BCUT2D eigenvalue weighted by molar-refractivity contribution is -0.137. The van der Waals surface area contributed by atoms with Gasteiger partial charge in [-0.05, 0) is 42.8 Å². The quantitative estimate of drug-likeness (QED) is 0.457. The first-order valence-corrected chi connectivity index (χ1v) is 11.1. The van der Waals surface area contributed by atoms with Gasteiger partial charge in [-0.1, -0.05) is 6.07 Å². The number of hydrogen-bond acceptors (Lipinski definition) is 7. The van der Waals surface area contributed by atoms with Crippen molar-refractivity contribution in [2.45, 2.75) is 23.7 Å². The van der Waals surface area contributed by atoms with Gasteiger partial charge in [-0.25, -0.2) is 18.4 Å². The summed E-state index contributed by atoms with van der Waals surface area (Å²) in [5.41, 5.74) is 2.43. The van der Waals surface area contributed by atoms with Crippen LogP contribution in [0.3, 0.4) is 0 Å². The zero-order valence-corrected chi connectivity index (χ0v) is 17.0. The average molecular weight is 450 g/mol. The van der Waals surface area contributed by atoms with Crippen LogP contribution in [-0.4, -0.2) is 28.6 Å². The first kappa shape index (κ1) is 20.4. The maximum atomic E-state index is 13.0. The van der Waals surface area contributed by atoms with Crippen molar-refractivity contribution in [3.8, 4) is 11.3 Å². The molecular weight excluding hydrogens is 437 g/mol. The maximum Gasteiger partial charge on any atom is 0.416 e. The average Bonchev–Trinajstić information content (AvgIpc) is 3.18. The van der Waals surface area contributed by atoms with E-state index in [2.05, 4.69) is 20.2 Å². The van der Waals surface area contributed by atoms with Crippen LogP contribution in [0.2, 0.25) is 0 Å². The van der Waals surface area contributed by atoms with Crippen molar-refractivity contribution >= 4 is 32.1 Å². The Labute approximate surface area is 173 Å². The summed E-state index contributed by atoms with van der Waals surface area (Å²) in [7, 11) is -3.66. The summed E-state index contributed by atoms with van der Waals surface area (Å²) >= 11 is 1.15. The van der Waals surface area contributed by atoms with Gasteiger partial charge in [0.05, 0.1) is 21.7 Å². The molecule has 0 spiro atoms. The molecule has 0 unspecified atom stereocenters. The second-order valence-corrected chi connectivity index (χ2v) is 9.43. The first-order valence-electron chi connectivity index (χ1n) is 8.56. The minimum Gasteiger partial charge on any atom is -0.236 e. The lowest BCUT2D eigenvalue weighted by Gasteiger charge is -2.12. The molecule has 0 N–H and O–H groups in total. The van der Waals surface area contributed by atoms with Crippen LogP contribution >= 0.6 is 11.3 Å². The molecule has 2 heterocycles. The molecule has 0 saturated heterocycles. The molecule has 0 aliphatic carbocycles. The van der Waals surface area contributed by atoms with Gasteiger partial charge in [0.25, 0.3) is 0 Å². The molecule has 0 aliphatic heterocycles. The second kappa shape index (κ2) is 7.40. The van der Waals surface area contributed by atoms with E-state index < -0.39 is 21.6 Å². The molecule has 4 aromatic rings. The van der Waals surface area contributed by atoms with Crippen LogP contribution in [0.25, 0.3) is 22.2 Å². The smallest absolute Gasteiger partial charge is 0.236 e. The van der Waals surface area contributed by atoms with Crippen molar-refractivity contribution in [1.82, 2.24) is 20.2 Å². The van der Waals surface area contributed by atoms with Gasteiger partial charge in [0, 0.05) is 10.9 Å². The fraction of sp³-hybridized carbons (Fsp3) is 0.158. The number of halogens is 3. The van der Waals surface area contributed by atoms with Crippen molar-refractivity contribution in [1.29, 1.82) is 0 Å². The monoisotopic (exact) mass is 450 g/mol. The van der Waals surface area contributed by atoms with Gasteiger partial charge < -0.3 is 0 Å². The maximum absolute atomic E-state index is 13.0. The van der Waals surface area contributed by atoms with Gasteiger partial charge in [0.1, 0.15) is 22.6 Å². The van der Waals surface area contributed by atoms with Crippen molar-refractivity contribution in [3.63, 3.8) is 0 Å². The summed E-state index contributed by atoms with van der Waals surface area (Å²) in [6.07, 6.45) is -3.18. The van der Waals surface area contributed by atoms with Crippen molar-refractivity contribution in [2.75, 3.05) is 0 Å². The number of rotatable bonds is 4. The third-order valence-electron chi connectivity index (χ3n) is 4.49. The van der Waals surface area contributed by atoms with Crippen LogP contribution in [0.1, 0.15) is 16.1 Å². The number of hydrogen-bond donors (Lipinski definition) is 0. The zero-order valence-electron chi connectivity index (χ0n) is 15.4. The highest BCUT2D eigenvalue weighted by atomic mass is 32.2. The van der Waals surface area contributed by atoms with Gasteiger partial charge in [0.2, 0.25) is 0 Å². The third-order valence-corrected chi connectivity index (χ3v) is 7.00. The van der Waals surface area contributed by atoms with Gasteiger partial charge >= 0.3 is 6.18 Å². The number of aromatic nitrogens is 4. The molecular formula is C19H13F3N4O2S2. The molecule has 0 atom stereocenters. The molecule has 0 radical (unpaired) electrons. The number of sulfone groups is 1. The molecule has 0 fully saturated rings. The van der Waals surface area contributed by atoms with Crippen molar-refractivity contribution < 1.29 is 21.6 Å². The first-order chi connectivity index (χ1) is 14.1. The van der Waals surface area contributed by atoms with Gasteiger partial charge in [-0.15, -0.1) is 21.5 Å². The Kier molecular flexibility index (Phi) is 5.02. The fourth-order valence-corrected chi connectivity index (χ4v) is 5.22. The van der Waals surface area contributed by atoms with E-state index in [0.717, 1.165) is 23.5 Å². The van der Waals surface area contributed by atoms with Gasteiger partial charge in [-0.3, -0.25) is 0 Å². The summed E-state index contributed by atoms with van der Waals surface area (Å²) in [5.74, 6) is -0.279. The Morgan fingerprint density at radius 2 is 1.87 bits per heavy atom. The van der Waals surface area contributed by atoms with E-state index in [9.17, 15) is 21.6 Å². The molecule has 4 rings (SSSR count). The number of nitrogens with zero attached hydrogens (tertiary/aromatic N) is 4. The van der Waals surface area contributed by atoms with Crippen LogP contribution in [0, 0.1) is 6.92 Å². The molecule has 2 aromatic heterocycles. The summed E-state index contributed by atoms with van der Waals surface area (Å²) < 4.78 is 64.2. The largest absolute Gasteiger partial charge is 0.416 e. The SMILES string of the molecule is Cc1cc(C(F)(F)F)ccc1-c1ncnc2cc(S(=O)(=O)Cc3nncs3)ccc12. The summed E-state index contributed by atoms with van der Waals surface area (Å²) in [6, 6.07) is 7.84. The van der Waals surface area contributed by atoms with Crippen LogP contribution in [0.5, 0.6) is 0 Å². The fourth-order valence-electron chi connectivity index (χ4n) is 3.06. The Morgan fingerprint density at radius 3 is 2.53 bits per heavy atom. The molecule has 6 nitrogen and oxygen atoms in total. The minimum atomic E-state index is -4.44. The predicted octanol–water partition coefficient (Wildman–Crippen LogP) is 4.45. The highest BCUT2D eigenvalue weighted by Gasteiger charge is 2.31. The van der Waals surface area contributed by atoms with Crippen LogP contribution in [0.4, 0.5) is 13.2 Å². The topological polar surface area (TPSA) is 85.7 Å². The molecule has 2 aromatic carbocycles. The lowest BCUT2D eigenvalue weighted by Crippen LogP contribution is -2.06. The predicted molar refractivity (Wildman–Crippen MR) is 106 cm³/mol. The standard InChI is InChI=1S/C19H13F3N4O2S2/c1-11-6-12(19(20,21)22)2-4-14(11)18-15-5-3-13(7-16(15)23-9-24-18)30(27,28)8-17-26-25-10-29-17/h2-7,9-10H,8H2,1H3. The number of alkyl halides is 3. The molecule has 0 aliphatic rings. The second-order valence-electron chi connectivity index (χ2n) is 6.52. The van der Waals surface area contributed by atoms with E-state index >= 15 is 0 Å². The molecule has 11 heteroatoms. The lowest BCUT2D eigenvalue weighted by atomic mass is 9.99. The summed E-state index contributed by atoms with van der Waals surface area (Å²) in [6.45, 7) is 1.57. The van der Waals surface area contributed by atoms with Crippen LogP contribution in [0.15, 0.2) is 53.1 Å². The van der Waals surface area contributed by atoms with E-state index in [4.69, 9.17) is 0 Å². The van der Waals surface area contributed by atoms with E-state index in [1.165, 1.54) is 30.0 Å². The van der Waals surface area contributed by atoms with Crippen LogP contribution < -0.4 is 0 Å². The number of aryl methyl sites for hydroxylation is 1. The minimum absolute atomic E-state index is 0.0685. The van der Waals surface area contributed by atoms with E-state index in [0.29, 0.717) is 32.7 Å². The molecule has 0 saturated carbocycles. The summed E-state index contributed by atoms with van der Waals surface area (Å²) in [5, 5.41) is 8.31. The summed E-state index contributed by atoms with van der Waals surface area (Å²) in [4.78, 5) is 8.44. The third kappa shape index (κ3) is 3.90.